The Hall–Kier alpha value is -2.13. The fourth-order valence-electron chi connectivity index (χ4n) is 9.31. The maximum Gasteiger partial charge on any atom is 0.334 e. The lowest BCUT2D eigenvalue weighted by atomic mass is 9.44. The van der Waals surface area contributed by atoms with Crippen LogP contribution in [0, 0.1) is 17.3 Å². The Labute approximate surface area is 210 Å². The fourth-order valence-corrected chi connectivity index (χ4v) is 9.31. The maximum absolute atomic E-state index is 12.9. The Morgan fingerprint density at radius 3 is 2.81 bits per heavy atom. The molecule has 36 heavy (non-hydrogen) atoms. The summed E-state index contributed by atoms with van der Waals surface area (Å²) in [5.41, 5.74) is -0.994. The quantitative estimate of drug-likeness (QED) is 0.475. The molecule has 1 aromatic carbocycles. The Morgan fingerprint density at radius 1 is 1.19 bits per heavy atom. The van der Waals surface area contributed by atoms with Crippen LogP contribution in [0.1, 0.15) is 40.0 Å². The maximum atomic E-state index is 12.9. The first-order chi connectivity index (χ1) is 17.2. The Bertz CT molecular complexity index is 1250. The van der Waals surface area contributed by atoms with E-state index in [1.165, 1.54) is 0 Å². The van der Waals surface area contributed by atoms with Crippen molar-refractivity contribution in [1.29, 1.82) is 0 Å². The molecule has 0 unspecified atom stereocenters. The van der Waals surface area contributed by atoms with Gasteiger partial charge in [-0.1, -0.05) is 26.8 Å². The number of rotatable bonds is 5. The van der Waals surface area contributed by atoms with E-state index in [0.717, 1.165) is 35.4 Å². The van der Waals surface area contributed by atoms with E-state index in [1.54, 1.807) is 7.11 Å². The number of benzene rings is 1. The molecule has 192 valence electrons. The van der Waals surface area contributed by atoms with Gasteiger partial charge in [0.15, 0.2) is 5.60 Å². The van der Waals surface area contributed by atoms with Gasteiger partial charge >= 0.3 is 5.97 Å². The highest BCUT2D eigenvalue weighted by atomic mass is 16.7. The summed E-state index contributed by atoms with van der Waals surface area (Å²) in [6, 6.07) is 7.74. The molecule has 0 aromatic heterocycles. The Balaban J connectivity index is 1.23. The standard InChI is InChI=1S/C28H33NO7/c1-14(2)26-21(35-26)22-28(36-22)24(3)9-8-17-18(12-33-23(17)30)19(24)11-20-27(28,34-20)25(26,31)13-29-15-6-5-7-16(10-15)32-4/h5-7,10,14,19-22,29,31H,8-9,11-13H2,1-4H3/t19-,20-,21-,22-,24-,25-,26-,27+,28+/m0/s1. The highest BCUT2D eigenvalue weighted by Gasteiger charge is 3.04. The topological polar surface area (TPSA) is 105 Å². The van der Waals surface area contributed by atoms with Gasteiger partial charge in [-0.05, 0) is 48.8 Å². The summed E-state index contributed by atoms with van der Waals surface area (Å²) < 4.78 is 30.9. The smallest absolute Gasteiger partial charge is 0.334 e. The van der Waals surface area contributed by atoms with Gasteiger partial charge in [-0.25, -0.2) is 4.79 Å². The van der Waals surface area contributed by atoms with E-state index in [2.05, 4.69) is 26.1 Å². The number of anilines is 1. The first-order valence-corrected chi connectivity index (χ1v) is 13.2. The van der Waals surface area contributed by atoms with Crippen molar-refractivity contribution in [2.45, 2.75) is 80.7 Å². The van der Waals surface area contributed by atoms with Crippen LogP contribution in [0.15, 0.2) is 35.4 Å². The van der Waals surface area contributed by atoms with E-state index < -0.39 is 22.4 Å². The van der Waals surface area contributed by atoms with E-state index in [4.69, 9.17) is 23.7 Å². The number of carbonyl (C=O) groups excluding carboxylic acids is 1. The molecule has 0 bridgehead atoms. The van der Waals surface area contributed by atoms with Gasteiger partial charge in [-0.3, -0.25) is 0 Å². The summed E-state index contributed by atoms with van der Waals surface area (Å²) >= 11 is 0. The molecule has 7 aliphatic rings. The van der Waals surface area contributed by atoms with Crippen LogP contribution >= 0.6 is 0 Å². The number of methoxy groups -OCH3 is 1. The van der Waals surface area contributed by atoms with Gasteiger partial charge in [0.1, 0.15) is 41.4 Å². The summed E-state index contributed by atoms with van der Waals surface area (Å²) in [4.78, 5) is 12.4. The van der Waals surface area contributed by atoms with Crippen LogP contribution in [0.4, 0.5) is 5.69 Å². The summed E-state index contributed by atoms with van der Waals surface area (Å²) in [6.45, 7) is 7.16. The summed E-state index contributed by atoms with van der Waals surface area (Å²) in [7, 11) is 1.65. The number of cyclic esters (lactones) is 1. The monoisotopic (exact) mass is 495 g/mol. The van der Waals surface area contributed by atoms with Crippen molar-refractivity contribution in [2.75, 3.05) is 25.6 Å². The number of hydrogen-bond donors (Lipinski definition) is 2. The molecule has 8 heteroatoms. The van der Waals surface area contributed by atoms with Crippen LogP contribution in [0.2, 0.25) is 0 Å². The second kappa shape index (κ2) is 6.29. The van der Waals surface area contributed by atoms with Crippen molar-refractivity contribution in [1.82, 2.24) is 0 Å². The summed E-state index contributed by atoms with van der Waals surface area (Å²) in [6.07, 6.45) is 1.78. The first kappa shape index (κ1) is 21.9. The number of nitrogens with one attached hydrogen (secondary N) is 1. The van der Waals surface area contributed by atoms with E-state index in [9.17, 15) is 9.90 Å². The molecule has 0 amide bonds. The van der Waals surface area contributed by atoms with Crippen LogP contribution in [-0.4, -0.2) is 72.1 Å². The summed E-state index contributed by atoms with van der Waals surface area (Å²) in [5.74, 6) is 0.800. The van der Waals surface area contributed by atoms with Gasteiger partial charge in [0.05, 0.1) is 13.2 Å². The molecule has 8 rings (SSSR count). The minimum Gasteiger partial charge on any atom is -0.497 e. The van der Waals surface area contributed by atoms with Gasteiger partial charge in [0.25, 0.3) is 0 Å². The van der Waals surface area contributed by atoms with Gasteiger partial charge < -0.3 is 34.1 Å². The normalized spacial score (nSPS) is 50.7. The predicted octanol–water partition coefficient (Wildman–Crippen LogP) is 2.59. The molecule has 2 saturated carbocycles. The largest absolute Gasteiger partial charge is 0.497 e. The van der Waals surface area contributed by atoms with E-state index >= 15 is 0 Å². The lowest BCUT2D eigenvalue weighted by molar-refractivity contribution is -0.159. The molecular formula is C28H33NO7. The number of esters is 1. The minimum absolute atomic E-state index is 0.0769. The molecule has 2 N–H and O–H groups in total. The van der Waals surface area contributed by atoms with Gasteiger partial charge in [-0.2, -0.15) is 0 Å². The van der Waals surface area contributed by atoms with Crippen LogP contribution in [0.25, 0.3) is 0 Å². The van der Waals surface area contributed by atoms with Crippen LogP contribution in [0.5, 0.6) is 5.75 Å². The molecule has 8 nitrogen and oxygen atoms in total. The van der Waals surface area contributed by atoms with Gasteiger partial charge in [0, 0.05) is 29.3 Å². The van der Waals surface area contributed by atoms with Crippen molar-refractivity contribution in [2.24, 2.45) is 17.3 Å². The highest BCUT2D eigenvalue weighted by Crippen LogP contribution is 2.85. The zero-order valence-corrected chi connectivity index (χ0v) is 21.1. The fraction of sp³-hybridized carbons (Fsp3) is 0.679. The molecule has 0 radical (unpaired) electrons. The van der Waals surface area contributed by atoms with Crippen LogP contribution in [-0.2, 0) is 23.7 Å². The third-order valence-electron chi connectivity index (χ3n) is 11.0. The second-order valence-electron chi connectivity index (χ2n) is 12.3. The molecular weight excluding hydrogens is 462 g/mol. The average molecular weight is 496 g/mol. The lowest BCUT2D eigenvalue weighted by Gasteiger charge is -2.56. The van der Waals surface area contributed by atoms with Crippen LogP contribution < -0.4 is 10.1 Å². The molecule has 3 saturated heterocycles. The number of carbonyl (C=O) groups is 1. The molecule has 4 heterocycles. The summed E-state index contributed by atoms with van der Waals surface area (Å²) in [5, 5.41) is 16.4. The molecule has 5 fully saturated rings. The Kier molecular flexibility index (Phi) is 3.83. The van der Waals surface area contributed by atoms with E-state index in [1.807, 2.05) is 24.3 Å². The van der Waals surface area contributed by atoms with Crippen LogP contribution in [0.3, 0.4) is 0 Å². The SMILES string of the molecule is COc1cccc(NC[C@@]2(O)[C@]34O[C@H]3C[C@H]3C5=C(CC[C@]3(C)[C@@]43O[C@H]3[C@@H]3O[C@@]32C(C)C)C(=O)OC5)c1. The number of ether oxygens (including phenoxy) is 5. The van der Waals surface area contributed by atoms with E-state index in [0.29, 0.717) is 13.0 Å². The van der Waals surface area contributed by atoms with Crippen molar-refractivity contribution in [3.63, 3.8) is 0 Å². The van der Waals surface area contributed by atoms with Crippen molar-refractivity contribution >= 4 is 11.7 Å². The first-order valence-electron chi connectivity index (χ1n) is 13.2. The number of aliphatic hydroxyl groups is 1. The van der Waals surface area contributed by atoms with Crippen molar-refractivity contribution in [3.05, 3.63) is 35.4 Å². The van der Waals surface area contributed by atoms with E-state index in [-0.39, 0.29) is 48.1 Å². The third-order valence-corrected chi connectivity index (χ3v) is 11.0. The average Bonchev–Trinajstić information content (AvgIpc) is 3.76. The van der Waals surface area contributed by atoms with Gasteiger partial charge in [-0.15, -0.1) is 0 Å². The number of fused-ring (bicyclic) bond motifs is 4. The van der Waals surface area contributed by atoms with Crippen molar-refractivity contribution in [3.8, 4) is 5.75 Å². The minimum atomic E-state index is -1.30. The number of epoxide rings is 3. The zero-order chi connectivity index (χ0) is 24.9. The molecule has 9 atom stereocenters. The Morgan fingerprint density at radius 2 is 2.03 bits per heavy atom. The van der Waals surface area contributed by atoms with Crippen molar-refractivity contribution < 1.29 is 33.6 Å². The molecule has 4 aliphatic heterocycles. The second-order valence-corrected chi connectivity index (χ2v) is 12.3. The number of hydrogen-bond acceptors (Lipinski definition) is 8. The molecule has 3 aliphatic carbocycles. The molecule has 1 aromatic rings. The van der Waals surface area contributed by atoms with Gasteiger partial charge in [0.2, 0.25) is 0 Å². The molecule has 2 spiro atoms. The third kappa shape index (κ3) is 2.04. The predicted molar refractivity (Wildman–Crippen MR) is 128 cm³/mol. The zero-order valence-electron chi connectivity index (χ0n) is 21.1. The lowest BCUT2D eigenvalue weighted by Crippen LogP contribution is -2.77. The highest BCUT2D eigenvalue weighted by molar-refractivity contribution is 5.92.